The molecule has 5 heteroatoms. The van der Waals surface area contributed by atoms with E-state index in [0.717, 1.165) is 0 Å². The number of hydrogen-bond donors (Lipinski definition) is 2. The molecule has 0 radical (unpaired) electrons. The van der Waals surface area contributed by atoms with Gasteiger partial charge in [-0.15, -0.1) is 0 Å². The van der Waals surface area contributed by atoms with Crippen LogP contribution in [0.1, 0.15) is 36.3 Å². The van der Waals surface area contributed by atoms with Gasteiger partial charge in [0.1, 0.15) is 11.9 Å². The van der Waals surface area contributed by atoms with Gasteiger partial charge in [-0.1, -0.05) is 13.8 Å². The summed E-state index contributed by atoms with van der Waals surface area (Å²) in [7, 11) is 1.28. The third kappa shape index (κ3) is 3.08. The number of esters is 1. The van der Waals surface area contributed by atoms with E-state index in [0.29, 0.717) is 12.3 Å². The van der Waals surface area contributed by atoms with Gasteiger partial charge in [0.2, 0.25) is 5.76 Å². The smallest absolute Gasteiger partial charge is 0.373 e. The lowest BCUT2D eigenvalue weighted by Crippen LogP contribution is -2.26. The van der Waals surface area contributed by atoms with E-state index in [1.54, 1.807) is 6.07 Å². The fourth-order valence-electron chi connectivity index (χ4n) is 1.70. The molecule has 0 fully saturated rings. The van der Waals surface area contributed by atoms with Crippen molar-refractivity contribution in [3.8, 4) is 0 Å². The summed E-state index contributed by atoms with van der Waals surface area (Å²) in [5.41, 5.74) is 5.61. The number of aliphatic hydroxyl groups is 1. The van der Waals surface area contributed by atoms with Crippen molar-refractivity contribution in [1.29, 1.82) is 0 Å². The quantitative estimate of drug-likeness (QED) is 0.759. The molecule has 0 aliphatic rings. The molecule has 1 rings (SSSR count). The van der Waals surface area contributed by atoms with Gasteiger partial charge in [0.05, 0.1) is 7.11 Å². The Morgan fingerprint density at radius 1 is 1.53 bits per heavy atom. The maximum absolute atomic E-state index is 11.2. The first kappa shape index (κ1) is 13.7. The number of carbonyl (C=O) groups excluding carboxylic acids is 1. The summed E-state index contributed by atoms with van der Waals surface area (Å²) >= 11 is 0. The fourth-order valence-corrected chi connectivity index (χ4v) is 1.70. The van der Waals surface area contributed by atoms with E-state index in [2.05, 4.69) is 4.74 Å². The molecule has 0 saturated carbocycles. The van der Waals surface area contributed by atoms with Crippen LogP contribution in [0.5, 0.6) is 0 Å². The number of carbonyl (C=O) groups is 1. The van der Waals surface area contributed by atoms with Gasteiger partial charge in [0.15, 0.2) is 0 Å². The Balaban J connectivity index is 2.85. The molecule has 0 bridgehead atoms. The minimum Gasteiger partial charge on any atom is -0.463 e. The van der Waals surface area contributed by atoms with Crippen LogP contribution in [0.25, 0.3) is 0 Å². The van der Waals surface area contributed by atoms with Crippen LogP contribution in [0.3, 0.4) is 0 Å². The SMILES string of the molecule is COC(=O)c1ccc(C(O)C(CN)C(C)C)o1. The van der Waals surface area contributed by atoms with Crippen molar-refractivity contribution < 1.29 is 19.1 Å². The lowest BCUT2D eigenvalue weighted by Gasteiger charge is -2.23. The predicted molar refractivity (Wildman–Crippen MR) is 62.4 cm³/mol. The van der Waals surface area contributed by atoms with Gasteiger partial charge < -0.3 is 20.0 Å². The molecule has 1 aromatic rings. The van der Waals surface area contributed by atoms with E-state index < -0.39 is 12.1 Å². The first-order valence-corrected chi connectivity index (χ1v) is 5.57. The van der Waals surface area contributed by atoms with Crippen molar-refractivity contribution in [2.24, 2.45) is 17.6 Å². The van der Waals surface area contributed by atoms with Gasteiger partial charge in [0.25, 0.3) is 0 Å². The van der Waals surface area contributed by atoms with Gasteiger partial charge in [-0.3, -0.25) is 0 Å². The largest absolute Gasteiger partial charge is 0.463 e. The van der Waals surface area contributed by atoms with E-state index in [1.165, 1.54) is 13.2 Å². The highest BCUT2D eigenvalue weighted by Crippen LogP contribution is 2.28. The highest BCUT2D eigenvalue weighted by atomic mass is 16.5. The standard InChI is InChI=1S/C12H19NO4/c1-7(2)8(6-13)11(14)9-4-5-10(17-9)12(15)16-3/h4-5,7-8,11,14H,6,13H2,1-3H3. The zero-order valence-electron chi connectivity index (χ0n) is 10.3. The molecule has 1 aromatic heterocycles. The Morgan fingerprint density at radius 3 is 2.65 bits per heavy atom. The number of hydrogen-bond acceptors (Lipinski definition) is 5. The van der Waals surface area contributed by atoms with E-state index in [-0.39, 0.29) is 17.6 Å². The number of ether oxygens (including phenoxy) is 1. The summed E-state index contributed by atoms with van der Waals surface area (Å²) in [5, 5.41) is 10.1. The Labute approximate surface area is 101 Å². The molecule has 96 valence electrons. The normalized spacial score (nSPS) is 14.7. The van der Waals surface area contributed by atoms with Crippen molar-refractivity contribution in [2.45, 2.75) is 20.0 Å². The van der Waals surface area contributed by atoms with Crippen molar-refractivity contribution in [3.63, 3.8) is 0 Å². The highest BCUT2D eigenvalue weighted by Gasteiger charge is 2.26. The van der Waals surface area contributed by atoms with Crippen LogP contribution >= 0.6 is 0 Å². The zero-order chi connectivity index (χ0) is 13.0. The Bertz CT molecular complexity index is 372. The van der Waals surface area contributed by atoms with Gasteiger partial charge in [-0.25, -0.2) is 4.79 Å². The van der Waals surface area contributed by atoms with E-state index >= 15 is 0 Å². The van der Waals surface area contributed by atoms with Crippen molar-refractivity contribution in [2.75, 3.05) is 13.7 Å². The molecule has 0 aliphatic heterocycles. The van der Waals surface area contributed by atoms with Crippen LogP contribution in [-0.2, 0) is 4.74 Å². The average Bonchev–Trinajstić information content (AvgIpc) is 2.77. The van der Waals surface area contributed by atoms with Crippen LogP contribution in [0.2, 0.25) is 0 Å². The molecule has 5 nitrogen and oxygen atoms in total. The summed E-state index contributed by atoms with van der Waals surface area (Å²) < 4.78 is 9.78. The number of rotatable bonds is 5. The van der Waals surface area contributed by atoms with Crippen LogP contribution in [-0.4, -0.2) is 24.7 Å². The van der Waals surface area contributed by atoms with Gasteiger partial charge >= 0.3 is 5.97 Å². The fraction of sp³-hybridized carbons (Fsp3) is 0.583. The van der Waals surface area contributed by atoms with Crippen LogP contribution in [0, 0.1) is 11.8 Å². The molecule has 0 aliphatic carbocycles. The predicted octanol–water partition coefficient (Wildman–Crippen LogP) is 1.33. The topological polar surface area (TPSA) is 85.7 Å². The second kappa shape index (κ2) is 5.84. The molecule has 0 spiro atoms. The maximum Gasteiger partial charge on any atom is 0.373 e. The molecule has 17 heavy (non-hydrogen) atoms. The monoisotopic (exact) mass is 241 g/mol. The third-order valence-electron chi connectivity index (χ3n) is 2.84. The maximum atomic E-state index is 11.2. The molecule has 0 amide bonds. The Kier molecular flexibility index (Phi) is 4.72. The Morgan fingerprint density at radius 2 is 2.18 bits per heavy atom. The lowest BCUT2D eigenvalue weighted by molar-refractivity contribution is 0.0508. The second-order valence-electron chi connectivity index (χ2n) is 4.28. The summed E-state index contributed by atoms with van der Waals surface area (Å²) in [6.07, 6.45) is -0.807. The Hall–Kier alpha value is -1.33. The number of nitrogens with two attached hydrogens (primary N) is 1. The van der Waals surface area contributed by atoms with Gasteiger partial charge in [-0.2, -0.15) is 0 Å². The molecular formula is C12H19NO4. The summed E-state index contributed by atoms with van der Waals surface area (Å²) in [4.78, 5) is 11.2. The molecule has 0 saturated heterocycles. The molecule has 2 unspecified atom stereocenters. The summed E-state index contributed by atoms with van der Waals surface area (Å²) in [6.45, 7) is 4.31. The third-order valence-corrected chi connectivity index (χ3v) is 2.84. The number of furan rings is 1. The molecule has 1 heterocycles. The van der Waals surface area contributed by atoms with Crippen molar-refractivity contribution in [1.82, 2.24) is 0 Å². The second-order valence-corrected chi connectivity index (χ2v) is 4.28. The zero-order valence-corrected chi connectivity index (χ0v) is 10.3. The summed E-state index contributed by atoms with van der Waals surface area (Å²) in [5.74, 6) is -0.0127. The number of methoxy groups -OCH3 is 1. The highest BCUT2D eigenvalue weighted by molar-refractivity contribution is 5.86. The van der Waals surface area contributed by atoms with Crippen LogP contribution in [0.4, 0.5) is 0 Å². The molecule has 3 N–H and O–H groups in total. The first-order valence-electron chi connectivity index (χ1n) is 5.57. The lowest BCUT2D eigenvalue weighted by atomic mass is 9.89. The van der Waals surface area contributed by atoms with Crippen molar-refractivity contribution >= 4 is 5.97 Å². The summed E-state index contributed by atoms with van der Waals surface area (Å²) in [6, 6.07) is 3.06. The van der Waals surface area contributed by atoms with E-state index in [1.807, 2.05) is 13.8 Å². The minimum absolute atomic E-state index is 0.0843. The van der Waals surface area contributed by atoms with Gasteiger partial charge in [-0.05, 0) is 24.6 Å². The van der Waals surface area contributed by atoms with Crippen molar-refractivity contribution in [3.05, 3.63) is 23.7 Å². The molecule has 0 aromatic carbocycles. The van der Waals surface area contributed by atoms with E-state index in [4.69, 9.17) is 10.2 Å². The van der Waals surface area contributed by atoms with Crippen LogP contribution in [0.15, 0.2) is 16.5 Å². The number of aliphatic hydroxyl groups excluding tert-OH is 1. The molecule has 2 atom stereocenters. The van der Waals surface area contributed by atoms with E-state index in [9.17, 15) is 9.90 Å². The molecular weight excluding hydrogens is 222 g/mol. The van der Waals surface area contributed by atoms with Gasteiger partial charge in [0, 0.05) is 5.92 Å². The van der Waals surface area contributed by atoms with Crippen LogP contribution < -0.4 is 5.73 Å². The average molecular weight is 241 g/mol. The minimum atomic E-state index is -0.807. The first-order chi connectivity index (χ1) is 8.01.